The van der Waals surface area contributed by atoms with Gasteiger partial charge in [-0.25, -0.2) is 0 Å². The molecule has 5 heteroatoms. The van der Waals surface area contributed by atoms with Crippen molar-refractivity contribution >= 4 is 24.5 Å². The number of Topliss-reactive ketones (excluding diaryl/α,β-unsaturated/α-hetero) is 1. The van der Waals surface area contributed by atoms with Crippen LogP contribution in [0, 0.1) is 6.92 Å². The molecule has 0 atom stereocenters. The Bertz CT molecular complexity index is 676. The highest BCUT2D eigenvalue weighted by molar-refractivity contribution is 6.23. The van der Waals surface area contributed by atoms with Crippen LogP contribution in [-0.2, 0) is 0 Å². The molecule has 4 nitrogen and oxygen atoms in total. The highest BCUT2D eigenvalue weighted by Gasteiger charge is 2.11. The van der Waals surface area contributed by atoms with E-state index in [0.29, 0.717) is 16.7 Å². The number of fused-ring (bicyclic) bond motifs is 1. The van der Waals surface area contributed by atoms with Gasteiger partial charge >= 0.3 is 0 Å². The molecule has 90 valence electrons. The van der Waals surface area contributed by atoms with E-state index in [9.17, 15) is 9.59 Å². The van der Waals surface area contributed by atoms with Gasteiger partial charge in [0.1, 0.15) is 5.75 Å². The smallest absolute Gasteiger partial charge is 0.190 e. The maximum Gasteiger partial charge on any atom is 0.190 e. The standard InChI is InChI=1S/C13H12BNO3/c1-7-12(18-2)4-3-8-10(16)5-9(11(17)6-14)15-13(7)8/h3-5H,6H2,1-2H3,(H,15,16). The first-order chi connectivity index (χ1) is 8.58. The number of pyridine rings is 1. The third kappa shape index (κ3) is 1.92. The van der Waals surface area contributed by atoms with E-state index in [2.05, 4.69) is 4.98 Å². The minimum Gasteiger partial charge on any atom is -0.496 e. The normalized spacial score (nSPS) is 10.6. The van der Waals surface area contributed by atoms with Crippen LogP contribution in [0.3, 0.4) is 0 Å². The molecule has 0 saturated heterocycles. The molecule has 1 heterocycles. The summed E-state index contributed by atoms with van der Waals surface area (Å²) in [6.07, 6.45) is -0.134. The molecule has 0 saturated carbocycles. The fourth-order valence-corrected chi connectivity index (χ4v) is 1.92. The summed E-state index contributed by atoms with van der Waals surface area (Å²) in [5.74, 6) is 0.367. The van der Waals surface area contributed by atoms with E-state index in [1.165, 1.54) is 6.07 Å². The highest BCUT2D eigenvalue weighted by atomic mass is 16.5. The van der Waals surface area contributed by atoms with Crippen molar-refractivity contribution in [3.63, 3.8) is 0 Å². The molecular formula is C13H12BNO3. The number of rotatable bonds is 3. The van der Waals surface area contributed by atoms with Crippen molar-refractivity contribution in [2.45, 2.75) is 13.2 Å². The molecule has 1 aromatic carbocycles. The summed E-state index contributed by atoms with van der Waals surface area (Å²) in [5, 5.41) is 0.530. The molecule has 0 aliphatic carbocycles. The number of aromatic amines is 1. The molecule has 0 amide bonds. The molecule has 0 bridgehead atoms. The predicted octanol–water partition coefficient (Wildman–Crippen LogP) is 1.61. The van der Waals surface area contributed by atoms with Gasteiger partial charge in [-0.1, -0.05) is 0 Å². The van der Waals surface area contributed by atoms with Gasteiger partial charge < -0.3 is 9.72 Å². The lowest BCUT2D eigenvalue weighted by atomic mass is 9.98. The van der Waals surface area contributed by atoms with Crippen molar-refractivity contribution in [2.24, 2.45) is 0 Å². The number of ketones is 1. The second-order valence-electron chi connectivity index (χ2n) is 3.99. The summed E-state index contributed by atoms with van der Waals surface area (Å²) >= 11 is 0. The number of aryl methyl sites for hydroxylation is 1. The molecule has 0 fully saturated rings. The molecule has 1 aromatic heterocycles. The third-order valence-electron chi connectivity index (χ3n) is 2.92. The number of hydrogen-bond acceptors (Lipinski definition) is 3. The number of carbonyl (C=O) groups excluding carboxylic acids is 1. The Morgan fingerprint density at radius 1 is 1.44 bits per heavy atom. The average Bonchev–Trinajstić information content (AvgIpc) is 2.38. The summed E-state index contributed by atoms with van der Waals surface area (Å²) in [4.78, 5) is 26.4. The van der Waals surface area contributed by atoms with Gasteiger partial charge in [0.25, 0.3) is 0 Å². The Labute approximate surface area is 105 Å². The lowest BCUT2D eigenvalue weighted by Gasteiger charge is -2.09. The first kappa shape index (κ1) is 12.4. The van der Waals surface area contributed by atoms with Crippen LogP contribution in [0.15, 0.2) is 23.0 Å². The fraction of sp³-hybridized carbons (Fsp3) is 0.231. The number of hydrogen-bond donors (Lipinski definition) is 1. The summed E-state index contributed by atoms with van der Waals surface area (Å²) in [7, 11) is 6.85. The SMILES string of the molecule is [B]CC(=O)c1cc(=O)c2ccc(OC)c(C)c2[nH]1. The van der Waals surface area contributed by atoms with Crippen molar-refractivity contribution in [3.8, 4) is 5.75 Å². The van der Waals surface area contributed by atoms with Crippen molar-refractivity contribution in [3.05, 3.63) is 39.7 Å². The second-order valence-corrected chi connectivity index (χ2v) is 3.99. The molecule has 1 N–H and O–H groups in total. The topological polar surface area (TPSA) is 59.2 Å². The first-order valence-electron chi connectivity index (χ1n) is 5.52. The van der Waals surface area contributed by atoms with Crippen LogP contribution in [0.4, 0.5) is 0 Å². The summed E-state index contributed by atoms with van der Waals surface area (Å²) in [6, 6.07) is 4.69. The Kier molecular flexibility index (Phi) is 3.23. The second kappa shape index (κ2) is 4.68. The lowest BCUT2D eigenvalue weighted by molar-refractivity contribution is 0.101. The van der Waals surface area contributed by atoms with Gasteiger partial charge in [0.15, 0.2) is 11.2 Å². The zero-order chi connectivity index (χ0) is 13.3. The van der Waals surface area contributed by atoms with Crippen LogP contribution in [0.1, 0.15) is 16.1 Å². The van der Waals surface area contributed by atoms with Crippen LogP contribution in [0.2, 0.25) is 6.32 Å². The minimum absolute atomic E-state index is 0.134. The molecule has 0 aliphatic rings. The Balaban J connectivity index is 2.80. The molecule has 2 aromatic rings. The lowest BCUT2D eigenvalue weighted by Crippen LogP contribution is -2.10. The van der Waals surface area contributed by atoms with Gasteiger partial charge in [-0.2, -0.15) is 0 Å². The van der Waals surface area contributed by atoms with Gasteiger partial charge in [0, 0.05) is 17.0 Å². The van der Waals surface area contributed by atoms with E-state index in [4.69, 9.17) is 12.6 Å². The zero-order valence-electron chi connectivity index (χ0n) is 10.2. The molecule has 0 aliphatic heterocycles. The van der Waals surface area contributed by atoms with Gasteiger partial charge in [-0.3, -0.25) is 9.59 Å². The van der Waals surface area contributed by atoms with Gasteiger partial charge in [0.2, 0.25) is 0 Å². The highest BCUT2D eigenvalue weighted by Crippen LogP contribution is 2.24. The van der Waals surface area contributed by atoms with Crippen LogP contribution in [0.25, 0.3) is 10.9 Å². The number of carbonyl (C=O) groups is 1. The first-order valence-corrected chi connectivity index (χ1v) is 5.52. The van der Waals surface area contributed by atoms with Crippen LogP contribution >= 0.6 is 0 Å². The van der Waals surface area contributed by atoms with Crippen LogP contribution in [0.5, 0.6) is 5.75 Å². The van der Waals surface area contributed by atoms with Crippen LogP contribution < -0.4 is 10.2 Å². The minimum atomic E-state index is -0.295. The average molecular weight is 241 g/mol. The largest absolute Gasteiger partial charge is 0.496 e. The molecular weight excluding hydrogens is 229 g/mol. The van der Waals surface area contributed by atoms with Crippen molar-refractivity contribution in [2.75, 3.05) is 7.11 Å². The molecule has 0 spiro atoms. The van der Waals surface area contributed by atoms with Crippen molar-refractivity contribution < 1.29 is 9.53 Å². The van der Waals surface area contributed by atoms with E-state index in [-0.39, 0.29) is 23.2 Å². The van der Waals surface area contributed by atoms with Gasteiger partial charge in [-0.05, 0) is 25.4 Å². The maximum absolute atomic E-state index is 11.9. The van der Waals surface area contributed by atoms with Crippen molar-refractivity contribution in [1.29, 1.82) is 0 Å². The predicted molar refractivity (Wildman–Crippen MR) is 70.7 cm³/mol. The zero-order valence-corrected chi connectivity index (χ0v) is 10.2. The Hall–Kier alpha value is -2.04. The quantitative estimate of drug-likeness (QED) is 0.656. The monoisotopic (exact) mass is 241 g/mol. The van der Waals surface area contributed by atoms with E-state index in [1.54, 1.807) is 19.2 Å². The molecule has 18 heavy (non-hydrogen) atoms. The van der Waals surface area contributed by atoms with Gasteiger partial charge in [0.05, 0.1) is 26.2 Å². The van der Waals surface area contributed by atoms with Crippen molar-refractivity contribution in [1.82, 2.24) is 4.98 Å². The summed E-state index contributed by atoms with van der Waals surface area (Å²) < 4.78 is 5.19. The number of H-pyrrole nitrogens is 1. The fourth-order valence-electron chi connectivity index (χ4n) is 1.92. The van der Waals surface area contributed by atoms with E-state index >= 15 is 0 Å². The number of ether oxygens (including phenoxy) is 1. The Morgan fingerprint density at radius 3 is 2.78 bits per heavy atom. The van der Waals surface area contributed by atoms with Crippen LogP contribution in [-0.4, -0.2) is 25.7 Å². The number of nitrogens with one attached hydrogen (secondary N) is 1. The molecule has 0 unspecified atom stereocenters. The van der Waals surface area contributed by atoms with E-state index in [0.717, 1.165) is 5.56 Å². The van der Waals surface area contributed by atoms with Gasteiger partial charge in [-0.15, -0.1) is 0 Å². The summed E-state index contributed by atoms with van der Waals surface area (Å²) in [6.45, 7) is 1.83. The number of methoxy groups -OCH3 is 1. The Morgan fingerprint density at radius 2 is 2.17 bits per heavy atom. The third-order valence-corrected chi connectivity index (χ3v) is 2.92. The molecule has 2 rings (SSSR count). The van der Waals surface area contributed by atoms with E-state index < -0.39 is 0 Å². The number of benzene rings is 1. The molecule has 2 radical (unpaired) electrons. The maximum atomic E-state index is 11.9. The number of aromatic nitrogens is 1. The van der Waals surface area contributed by atoms with E-state index in [1.807, 2.05) is 6.92 Å². The summed E-state index contributed by atoms with van der Waals surface area (Å²) in [5.41, 5.74) is 1.43.